The molecule has 6 nitrogen and oxygen atoms in total. The highest BCUT2D eigenvalue weighted by molar-refractivity contribution is 5.96. The van der Waals surface area contributed by atoms with Crippen molar-refractivity contribution < 1.29 is 14.3 Å². The standard InChI is InChI=1S/C17H23N3O3/c1-23-17(22)15-12-14(20-16(21)9-11-19)8-7-13(15)6-4-2-3-5-10-18/h7-8,12H,2-3,5,9-11,18-19H2,1H3,(H,20,21). The van der Waals surface area contributed by atoms with Gasteiger partial charge in [0, 0.05) is 30.6 Å². The fraction of sp³-hybridized carbons (Fsp3) is 0.412. The van der Waals surface area contributed by atoms with Gasteiger partial charge in [-0.3, -0.25) is 4.79 Å². The predicted octanol–water partition coefficient (Wildman–Crippen LogP) is 1.24. The van der Waals surface area contributed by atoms with Crippen LogP contribution in [0.3, 0.4) is 0 Å². The van der Waals surface area contributed by atoms with Gasteiger partial charge >= 0.3 is 5.97 Å². The first-order chi connectivity index (χ1) is 11.1. The summed E-state index contributed by atoms with van der Waals surface area (Å²) in [5.74, 6) is 5.29. The molecule has 0 heterocycles. The molecule has 0 aliphatic heterocycles. The van der Waals surface area contributed by atoms with Gasteiger partial charge in [-0.05, 0) is 37.6 Å². The second-order valence-corrected chi connectivity index (χ2v) is 4.89. The number of hydrogen-bond donors (Lipinski definition) is 3. The number of unbranched alkanes of at least 4 members (excludes halogenated alkanes) is 2. The van der Waals surface area contributed by atoms with E-state index in [-0.39, 0.29) is 18.9 Å². The average Bonchev–Trinajstić information content (AvgIpc) is 2.55. The summed E-state index contributed by atoms with van der Waals surface area (Å²) in [6.45, 7) is 0.911. The molecule has 5 N–H and O–H groups in total. The Labute approximate surface area is 136 Å². The molecule has 0 fully saturated rings. The molecule has 0 aliphatic carbocycles. The second-order valence-electron chi connectivity index (χ2n) is 4.89. The smallest absolute Gasteiger partial charge is 0.339 e. The number of nitrogens with one attached hydrogen (secondary N) is 1. The molecule has 0 aromatic heterocycles. The van der Waals surface area contributed by atoms with E-state index >= 15 is 0 Å². The summed E-state index contributed by atoms with van der Waals surface area (Å²) in [7, 11) is 1.31. The van der Waals surface area contributed by atoms with Crippen molar-refractivity contribution >= 4 is 17.6 Å². The van der Waals surface area contributed by atoms with Crippen LogP contribution in [0.4, 0.5) is 5.69 Å². The highest BCUT2D eigenvalue weighted by Crippen LogP contribution is 2.17. The molecule has 0 spiro atoms. The SMILES string of the molecule is COC(=O)c1cc(NC(=O)CCN)ccc1C#CCCCCN. The molecule has 0 saturated carbocycles. The topological polar surface area (TPSA) is 107 Å². The molecule has 0 radical (unpaired) electrons. The van der Waals surface area contributed by atoms with Crippen LogP contribution in [0.1, 0.15) is 41.6 Å². The molecule has 1 aromatic rings. The third kappa shape index (κ3) is 6.51. The number of hydrogen-bond acceptors (Lipinski definition) is 5. The van der Waals surface area contributed by atoms with Crippen molar-refractivity contribution in [2.24, 2.45) is 11.5 Å². The van der Waals surface area contributed by atoms with Crippen LogP contribution in [0.25, 0.3) is 0 Å². The largest absolute Gasteiger partial charge is 0.465 e. The van der Waals surface area contributed by atoms with Crippen LogP contribution in [-0.2, 0) is 9.53 Å². The average molecular weight is 317 g/mol. The fourth-order valence-corrected chi connectivity index (χ4v) is 1.88. The van der Waals surface area contributed by atoms with E-state index in [4.69, 9.17) is 16.2 Å². The highest BCUT2D eigenvalue weighted by atomic mass is 16.5. The van der Waals surface area contributed by atoms with Gasteiger partial charge in [0.2, 0.25) is 5.91 Å². The van der Waals surface area contributed by atoms with Crippen LogP contribution in [0, 0.1) is 11.8 Å². The molecule has 23 heavy (non-hydrogen) atoms. The zero-order valence-electron chi connectivity index (χ0n) is 13.4. The summed E-state index contributed by atoms with van der Waals surface area (Å²) in [6.07, 6.45) is 2.78. The monoisotopic (exact) mass is 317 g/mol. The van der Waals surface area contributed by atoms with Crippen molar-refractivity contribution in [2.45, 2.75) is 25.7 Å². The van der Waals surface area contributed by atoms with Gasteiger partial charge in [-0.1, -0.05) is 11.8 Å². The molecule has 0 aliphatic rings. The highest BCUT2D eigenvalue weighted by Gasteiger charge is 2.12. The summed E-state index contributed by atoms with van der Waals surface area (Å²) in [4.78, 5) is 23.5. The zero-order valence-corrected chi connectivity index (χ0v) is 13.4. The maximum Gasteiger partial charge on any atom is 0.339 e. The molecule has 0 bridgehead atoms. The van der Waals surface area contributed by atoms with Gasteiger partial charge in [-0.25, -0.2) is 4.79 Å². The number of carbonyl (C=O) groups excluding carboxylic acids is 2. The number of ether oxygens (including phenoxy) is 1. The minimum atomic E-state index is -0.494. The van der Waals surface area contributed by atoms with E-state index in [1.807, 2.05) is 0 Å². The predicted molar refractivity (Wildman–Crippen MR) is 89.9 cm³/mol. The quantitative estimate of drug-likeness (QED) is 0.398. The van der Waals surface area contributed by atoms with Gasteiger partial charge < -0.3 is 21.5 Å². The Kier molecular flexibility index (Phi) is 8.43. The summed E-state index contributed by atoms with van der Waals surface area (Å²) >= 11 is 0. The van der Waals surface area contributed by atoms with E-state index in [0.717, 1.165) is 12.8 Å². The lowest BCUT2D eigenvalue weighted by Crippen LogP contribution is -2.16. The molecule has 1 aromatic carbocycles. The van der Waals surface area contributed by atoms with Gasteiger partial charge in [-0.15, -0.1) is 0 Å². The van der Waals surface area contributed by atoms with Crippen molar-refractivity contribution in [3.8, 4) is 11.8 Å². The number of esters is 1. The number of nitrogens with two attached hydrogens (primary N) is 2. The summed E-state index contributed by atoms with van der Waals surface area (Å²) in [5, 5.41) is 2.68. The van der Waals surface area contributed by atoms with E-state index < -0.39 is 5.97 Å². The Hall–Kier alpha value is -2.36. The Morgan fingerprint density at radius 1 is 1.22 bits per heavy atom. The van der Waals surface area contributed by atoms with Gasteiger partial charge in [0.1, 0.15) is 0 Å². The van der Waals surface area contributed by atoms with Gasteiger partial charge in [0.25, 0.3) is 0 Å². The van der Waals surface area contributed by atoms with Crippen molar-refractivity contribution in [1.29, 1.82) is 0 Å². The summed E-state index contributed by atoms with van der Waals surface area (Å²) in [5.41, 5.74) is 12.2. The molecule has 1 rings (SSSR count). The third-order valence-corrected chi connectivity index (χ3v) is 3.06. The number of rotatable bonds is 7. The van der Waals surface area contributed by atoms with Gasteiger partial charge in [-0.2, -0.15) is 0 Å². The third-order valence-electron chi connectivity index (χ3n) is 3.06. The second kappa shape index (κ2) is 10.4. The van der Waals surface area contributed by atoms with Gasteiger partial charge in [0.05, 0.1) is 12.7 Å². The van der Waals surface area contributed by atoms with Crippen LogP contribution in [0.15, 0.2) is 18.2 Å². The Morgan fingerprint density at radius 2 is 2.00 bits per heavy atom. The van der Waals surface area contributed by atoms with E-state index in [2.05, 4.69) is 17.2 Å². The van der Waals surface area contributed by atoms with Crippen LogP contribution >= 0.6 is 0 Å². The first kappa shape index (κ1) is 18.7. The van der Waals surface area contributed by atoms with E-state index in [1.165, 1.54) is 7.11 Å². The lowest BCUT2D eigenvalue weighted by Gasteiger charge is -2.08. The normalized spacial score (nSPS) is 9.70. The minimum Gasteiger partial charge on any atom is -0.465 e. The maximum atomic E-state index is 11.9. The molecule has 1 amide bonds. The van der Waals surface area contributed by atoms with E-state index in [1.54, 1.807) is 18.2 Å². The maximum absolute atomic E-state index is 11.9. The zero-order chi connectivity index (χ0) is 17.1. The lowest BCUT2D eigenvalue weighted by molar-refractivity contribution is -0.116. The van der Waals surface area contributed by atoms with Gasteiger partial charge in [0.15, 0.2) is 0 Å². The number of amides is 1. The van der Waals surface area contributed by atoms with Crippen LogP contribution < -0.4 is 16.8 Å². The molecule has 124 valence electrons. The van der Waals surface area contributed by atoms with Crippen molar-refractivity contribution in [2.75, 3.05) is 25.5 Å². The number of anilines is 1. The Balaban J connectivity index is 2.93. The molecule has 6 heteroatoms. The van der Waals surface area contributed by atoms with Crippen molar-refractivity contribution in [3.63, 3.8) is 0 Å². The van der Waals surface area contributed by atoms with Crippen LogP contribution in [-0.4, -0.2) is 32.1 Å². The lowest BCUT2D eigenvalue weighted by atomic mass is 10.1. The number of carbonyl (C=O) groups is 2. The van der Waals surface area contributed by atoms with Crippen LogP contribution in [0.5, 0.6) is 0 Å². The van der Waals surface area contributed by atoms with E-state index in [0.29, 0.717) is 29.8 Å². The fourth-order valence-electron chi connectivity index (χ4n) is 1.88. The summed E-state index contributed by atoms with van der Waals surface area (Å²) in [6, 6.07) is 4.95. The Bertz CT molecular complexity index is 603. The Morgan fingerprint density at radius 3 is 2.65 bits per heavy atom. The molecular weight excluding hydrogens is 294 g/mol. The van der Waals surface area contributed by atoms with E-state index in [9.17, 15) is 9.59 Å². The number of methoxy groups -OCH3 is 1. The summed E-state index contributed by atoms with van der Waals surface area (Å²) < 4.78 is 4.77. The molecule has 0 atom stereocenters. The van der Waals surface area contributed by atoms with Crippen molar-refractivity contribution in [1.82, 2.24) is 0 Å². The molecule has 0 unspecified atom stereocenters. The first-order valence-electron chi connectivity index (χ1n) is 7.53. The first-order valence-corrected chi connectivity index (χ1v) is 7.53. The number of benzene rings is 1. The van der Waals surface area contributed by atoms with Crippen molar-refractivity contribution in [3.05, 3.63) is 29.3 Å². The molecule has 0 saturated heterocycles. The molecular formula is C17H23N3O3. The minimum absolute atomic E-state index is 0.205. The van der Waals surface area contributed by atoms with Crippen LogP contribution in [0.2, 0.25) is 0 Å².